The number of aryl methyl sites for hydroxylation is 1. The Labute approximate surface area is 103 Å². The zero-order valence-corrected chi connectivity index (χ0v) is 10.0. The number of hydrogen-bond donors (Lipinski definition) is 1. The van der Waals surface area contributed by atoms with Crippen LogP contribution in [0.3, 0.4) is 0 Å². The molecule has 1 aromatic heterocycles. The number of piperazine rings is 1. The van der Waals surface area contributed by atoms with Gasteiger partial charge in [-0.3, -0.25) is 9.59 Å². The van der Waals surface area contributed by atoms with Gasteiger partial charge in [-0.05, 0) is 24.0 Å². The Kier molecular flexibility index (Phi) is 2.49. The first-order valence-corrected chi connectivity index (χ1v) is 5.95. The van der Waals surface area contributed by atoms with Gasteiger partial charge in [-0.15, -0.1) is 10.2 Å². The van der Waals surface area contributed by atoms with E-state index < -0.39 is 0 Å². The lowest BCUT2D eigenvalue weighted by atomic mass is 10.1. The van der Waals surface area contributed by atoms with E-state index in [-0.39, 0.29) is 36.9 Å². The van der Waals surface area contributed by atoms with Gasteiger partial charge in [0.1, 0.15) is 6.04 Å². The largest absolute Gasteiger partial charge is 0.345 e. The van der Waals surface area contributed by atoms with Crippen LogP contribution in [0.1, 0.15) is 18.7 Å². The Morgan fingerprint density at radius 1 is 1.39 bits per heavy atom. The first kappa shape index (κ1) is 11.1. The average molecular weight is 250 g/mol. The van der Waals surface area contributed by atoms with Gasteiger partial charge in [0.15, 0.2) is 5.82 Å². The summed E-state index contributed by atoms with van der Waals surface area (Å²) in [6, 6.07) is -0.366. The summed E-state index contributed by atoms with van der Waals surface area (Å²) < 4.78 is 0. The molecule has 2 fully saturated rings. The van der Waals surface area contributed by atoms with Crippen molar-refractivity contribution < 1.29 is 9.59 Å². The van der Waals surface area contributed by atoms with E-state index in [2.05, 4.69) is 20.7 Å². The normalized spacial score (nSPS) is 24.3. The van der Waals surface area contributed by atoms with Gasteiger partial charge in [-0.2, -0.15) is 4.80 Å². The Bertz CT molecular complexity index is 494. The second-order valence-corrected chi connectivity index (χ2v) is 4.72. The topological polar surface area (TPSA) is 93.0 Å². The first-order chi connectivity index (χ1) is 8.65. The number of nitrogens with one attached hydrogen (secondary N) is 1. The summed E-state index contributed by atoms with van der Waals surface area (Å²) in [5, 5.41) is 14.3. The van der Waals surface area contributed by atoms with E-state index in [1.54, 1.807) is 11.9 Å². The number of carbonyl (C=O) groups is 2. The van der Waals surface area contributed by atoms with Crippen molar-refractivity contribution in [1.82, 2.24) is 30.4 Å². The lowest BCUT2D eigenvalue weighted by Gasteiger charge is -2.34. The number of carbonyl (C=O) groups excluding carboxylic acids is 2. The van der Waals surface area contributed by atoms with Crippen LogP contribution >= 0.6 is 0 Å². The van der Waals surface area contributed by atoms with Gasteiger partial charge in [0.05, 0.1) is 20.1 Å². The monoisotopic (exact) mass is 250 g/mol. The molecule has 1 saturated heterocycles. The molecule has 18 heavy (non-hydrogen) atoms. The summed E-state index contributed by atoms with van der Waals surface area (Å²) in [7, 11) is 1.67. The van der Waals surface area contributed by atoms with E-state index in [9.17, 15) is 9.59 Å². The Morgan fingerprint density at radius 2 is 2.17 bits per heavy atom. The maximum Gasteiger partial charge on any atom is 0.243 e. The highest BCUT2D eigenvalue weighted by Crippen LogP contribution is 2.36. The molecule has 0 bridgehead atoms. The van der Waals surface area contributed by atoms with Crippen LogP contribution in [0.5, 0.6) is 0 Å². The van der Waals surface area contributed by atoms with E-state index in [0.29, 0.717) is 5.82 Å². The number of nitrogens with zero attached hydrogens (tertiary/aromatic N) is 5. The zero-order chi connectivity index (χ0) is 12.7. The van der Waals surface area contributed by atoms with Crippen molar-refractivity contribution in [1.29, 1.82) is 0 Å². The highest BCUT2D eigenvalue weighted by Gasteiger charge is 2.44. The fourth-order valence-electron chi connectivity index (χ4n) is 2.27. The van der Waals surface area contributed by atoms with Crippen molar-refractivity contribution in [3.8, 4) is 0 Å². The van der Waals surface area contributed by atoms with Gasteiger partial charge in [-0.25, -0.2) is 0 Å². The van der Waals surface area contributed by atoms with Gasteiger partial charge in [0, 0.05) is 0 Å². The molecule has 8 nitrogen and oxygen atoms in total. The molecule has 2 heterocycles. The SMILES string of the molecule is Cn1nnc(CN2C(=O)CNC(=O)C2C2CC2)n1. The van der Waals surface area contributed by atoms with E-state index in [4.69, 9.17) is 0 Å². The molecular weight excluding hydrogens is 236 g/mol. The number of aromatic nitrogens is 4. The summed E-state index contributed by atoms with van der Waals surface area (Å²) in [4.78, 5) is 26.7. The van der Waals surface area contributed by atoms with Crippen molar-refractivity contribution in [2.24, 2.45) is 13.0 Å². The molecule has 1 N–H and O–H groups in total. The predicted molar refractivity (Wildman–Crippen MR) is 58.9 cm³/mol. The van der Waals surface area contributed by atoms with Crippen LogP contribution < -0.4 is 5.32 Å². The molecular formula is C10H14N6O2. The number of amides is 2. The lowest BCUT2D eigenvalue weighted by Crippen LogP contribution is -2.58. The second-order valence-electron chi connectivity index (χ2n) is 4.72. The Balaban J connectivity index is 1.81. The molecule has 2 amide bonds. The standard InChI is InChI=1S/C10H14N6O2/c1-15-13-7(12-14-15)5-16-8(17)4-11-10(18)9(16)6-2-3-6/h6,9H,2-5H2,1H3,(H,11,18). The van der Waals surface area contributed by atoms with Crippen molar-refractivity contribution in [3.63, 3.8) is 0 Å². The second kappa shape index (κ2) is 4.04. The third-order valence-corrected chi connectivity index (χ3v) is 3.27. The van der Waals surface area contributed by atoms with E-state index in [1.807, 2.05) is 0 Å². The molecule has 1 aliphatic carbocycles. The van der Waals surface area contributed by atoms with Crippen molar-refractivity contribution in [2.45, 2.75) is 25.4 Å². The Morgan fingerprint density at radius 3 is 2.78 bits per heavy atom. The molecule has 8 heteroatoms. The van der Waals surface area contributed by atoms with Crippen LogP contribution in [-0.2, 0) is 23.2 Å². The molecule has 1 aromatic rings. The van der Waals surface area contributed by atoms with Gasteiger partial charge in [0.25, 0.3) is 0 Å². The van der Waals surface area contributed by atoms with Crippen molar-refractivity contribution in [3.05, 3.63) is 5.82 Å². The third kappa shape index (κ3) is 1.93. The van der Waals surface area contributed by atoms with Gasteiger partial charge in [-0.1, -0.05) is 0 Å². The summed E-state index contributed by atoms with van der Waals surface area (Å²) in [6.07, 6.45) is 1.99. The highest BCUT2D eigenvalue weighted by atomic mass is 16.2. The summed E-state index contributed by atoms with van der Waals surface area (Å²) in [5.41, 5.74) is 0. The lowest BCUT2D eigenvalue weighted by molar-refractivity contribution is -0.147. The van der Waals surface area contributed by atoms with E-state index in [0.717, 1.165) is 12.8 Å². The van der Waals surface area contributed by atoms with Gasteiger partial charge in [0.2, 0.25) is 11.8 Å². The molecule has 96 valence electrons. The van der Waals surface area contributed by atoms with Crippen LogP contribution in [0.4, 0.5) is 0 Å². The molecule has 3 rings (SSSR count). The van der Waals surface area contributed by atoms with Crippen LogP contribution in [-0.4, -0.2) is 49.5 Å². The molecule has 1 atom stereocenters. The summed E-state index contributed by atoms with van der Waals surface area (Å²) in [6.45, 7) is 0.309. The predicted octanol–water partition coefficient (Wildman–Crippen LogP) is -1.55. The number of tetrazole rings is 1. The van der Waals surface area contributed by atoms with Crippen molar-refractivity contribution in [2.75, 3.05) is 6.54 Å². The fraction of sp³-hybridized carbons (Fsp3) is 0.700. The van der Waals surface area contributed by atoms with Gasteiger partial charge < -0.3 is 10.2 Å². The number of rotatable bonds is 3. The highest BCUT2D eigenvalue weighted by molar-refractivity contribution is 5.95. The molecule has 2 aliphatic rings. The summed E-state index contributed by atoms with van der Waals surface area (Å²) in [5.74, 6) is 0.595. The molecule has 0 spiro atoms. The van der Waals surface area contributed by atoms with E-state index in [1.165, 1.54) is 4.80 Å². The minimum atomic E-state index is -0.366. The Hall–Kier alpha value is -1.99. The smallest absolute Gasteiger partial charge is 0.243 e. The molecule has 0 radical (unpaired) electrons. The van der Waals surface area contributed by atoms with Crippen LogP contribution in [0.25, 0.3) is 0 Å². The fourth-order valence-corrected chi connectivity index (χ4v) is 2.27. The van der Waals surface area contributed by atoms with Crippen molar-refractivity contribution >= 4 is 11.8 Å². The number of hydrogen-bond acceptors (Lipinski definition) is 5. The molecule has 1 saturated carbocycles. The molecule has 1 unspecified atom stereocenters. The molecule has 1 aliphatic heterocycles. The minimum Gasteiger partial charge on any atom is -0.345 e. The third-order valence-electron chi connectivity index (χ3n) is 3.27. The van der Waals surface area contributed by atoms with Crippen LogP contribution in [0.15, 0.2) is 0 Å². The maximum atomic E-state index is 11.9. The maximum absolute atomic E-state index is 11.9. The molecule has 0 aromatic carbocycles. The quantitative estimate of drug-likeness (QED) is 0.701. The van der Waals surface area contributed by atoms with Gasteiger partial charge >= 0.3 is 0 Å². The summed E-state index contributed by atoms with van der Waals surface area (Å²) >= 11 is 0. The van der Waals surface area contributed by atoms with Crippen LogP contribution in [0, 0.1) is 5.92 Å². The zero-order valence-electron chi connectivity index (χ0n) is 10.0. The average Bonchev–Trinajstić information content (AvgIpc) is 3.08. The first-order valence-electron chi connectivity index (χ1n) is 5.95. The van der Waals surface area contributed by atoms with Crippen LogP contribution in [0.2, 0.25) is 0 Å². The minimum absolute atomic E-state index is 0.0579. The van der Waals surface area contributed by atoms with E-state index >= 15 is 0 Å².